The zero-order valence-electron chi connectivity index (χ0n) is 22.5. The lowest BCUT2D eigenvalue weighted by molar-refractivity contribution is -0.147. The number of hydrogen-bond donors (Lipinski definition) is 3. The lowest BCUT2D eigenvalue weighted by Crippen LogP contribution is -2.25. The fourth-order valence-corrected chi connectivity index (χ4v) is 4.19. The summed E-state index contributed by atoms with van der Waals surface area (Å²) in [6.45, 7) is 2.56. The third-order valence-corrected chi connectivity index (χ3v) is 6.47. The summed E-state index contributed by atoms with van der Waals surface area (Å²) in [5.41, 5.74) is 0. The number of carbonyl (C=O) groups excluding carboxylic acids is 2. The Balaban J connectivity index is 3.55. The van der Waals surface area contributed by atoms with E-state index in [2.05, 4.69) is 33.4 Å². The molecule has 0 aliphatic rings. The van der Waals surface area contributed by atoms with Crippen LogP contribution in [0, 0.1) is 0 Å². The lowest BCUT2D eigenvalue weighted by atomic mass is 10.1. The first kappa shape index (κ1) is 34.8. The van der Waals surface area contributed by atoms with Crippen LogP contribution in [-0.2, 0) is 27.9 Å². The molecular formula is C26H50NO8P. The summed E-state index contributed by atoms with van der Waals surface area (Å²) in [6.07, 6.45) is 20.4. The highest BCUT2D eigenvalue weighted by Gasteiger charge is 2.23. The Labute approximate surface area is 218 Å². The number of phosphoric acid groups is 1. The van der Waals surface area contributed by atoms with E-state index < -0.39 is 26.5 Å². The van der Waals surface area contributed by atoms with E-state index in [1.807, 2.05) is 0 Å². The Kier molecular flexibility index (Phi) is 23.3. The molecule has 0 fully saturated rings. The van der Waals surface area contributed by atoms with Crippen LogP contribution in [-0.4, -0.2) is 54.3 Å². The van der Waals surface area contributed by atoms with Crippen molar-refractivity contribution in [2.24, 2.45) is 0 Å². The first-order chi connectivity index (χ1) is 17.3. The molecule has 2 atom stereocenters. The summed E-state index contributed by atoms with van der Waals surface area (Å²) in [5.74, 6) is -0.706. The van der Waals surface area contributed by atoms with Crippen molar-refractivity contribution >= 4 is 19.7 Å². The van der Waals surface area contributed by atoms with Crippen LogP contribution in [0.15, 0.2) is 12.2 Å². The molecule has 0 saturated heterocycles. The summed E-state index contributed by atoms with van der Waals surface area (Å²) in [5, 5.41) is 12.2. The maximum absolute atomic E-state index is 11.8. The number of aliphatic hydroxyl groups is 1. The predicted octanol–water partition coefficient (Wildman–Crippen LogP) is 5.59. The van der Waals surface area contributed by atoms with E-state index in [0.29, 0.717) is 0 Å². The van der Waals surface area contributed by atoms with Gasteiger partial charge in [-0.15, -0.1) is 0 Å². The van der Waals surface area contributed by atoms with Gasteiger partial charge < -0.3 is 20.1 Å². The van der Waals surface area contributed by atoms with Gasteiger partial charge in [0, 0.05) is 19.9 Å². The van der Waals surface area contributed by atoms with Crippen LogP contribution in [0.3, 0.4) is 0 Å². The van der Waals surface area contributed by atoms with Gasteiger partial charge in [0.1, 0.15) is 12.7 Å². The molecule has 0 aromatic carbocycles. The van der Waals surface area contributed by atoms with Gasteiger partial charge in [0.15, 0.2) is 0 Å². The van der Waals surface area contributed by atoms with Gasteiger partial charge in [-0.25, -0.2) is 4.57 Å². The highest BCUT2D eigenvalue weighted by atomic mass is 31.2. The van der Waals surface area contributed by atoms with Gasteiger partial charge in [-0.05, 0) is 32.1 Å². The number of allylic oxidation sites excluding steroid dienone is 2. The fraction of sp³-hybridized carbons (Fsp3) is 0.846. The minimum absolute atomic E-state index is 0.0554. The fourth-order valence-electron chi connectivity index (χ4n) is 3.43. The van der Waals surface area contributed by atoms with Crippen molar-refractivity contribution in [3.05, 3.63) is 12.2 Å². The second kappa shape index (κ2) is 24.1. The molecule has 0 bridgehead atoms. The third kappa shape index (κ3) is 25.8. The number of unbranched alkanes of at least 4 members (excludes halogenated alkanes) is 12. The van der Waals surface area contributed by atoms with Crippen LogP contribution in [0.1, 0.15) is 110 Å². The van der Waals surface area contributed by atoms with Crippen molar-refractivity contribution in [2.75, 3.05) is 26.4 Å². The van der Waals surface area contributed by atoms with Crippen molar-refractivity contribution in [1.82, 2.24) is 5.32 Å². The van der Waals surface area contributed by atoms with Crippen molar-refractivity contribution in [1.29, 1.82) is 0 Å². The number of esters is 1. The Morgan fingerprint density at radius 1 is 0.861 bits per heavy atom. The average molecular weight is 536 g/mol. The number of amides is 1. The van der Waals surface area contributed by atoms with Gasteiger partial charge in [-0.1, -0.05) is 76.9 Å². The number of hydrogen-bond acceptors (Lipinski definition) is 7. The zero-order chi connectivity index (χ0) is 26.9. The van der Waals surface area contributed by atoms with Crippen LogP contribution in [0.25, 0.3) is 0 Å². The van der Waals surface area contributed by atoms with E-state index in [9.17, 15) is 24.2 Å². The quantitative estimate of drug-likeness (QED) is 0.0597. The highest BCUT2D eigenvalue weighted by molar-refractivity contribution is 7.47. The molecule has 0 heterocycles. The van der Waals surface area contributed by atoms with Gasteiger partial charge >= 0.3 is 13.8 Å². The lowest BCUT2D eigenvalue weighted by Gasteiger charge is -2.15. The maximum Gasteiger partial charge on any atom is 0.472 e. The Bertz CT molecular complexity index is 629. The molecule has 0 saturated carbocycles. The second-order valence-corrected chi connectivity index (χ2v) is 10.6. The summed E-state index contributed by atoms with van der Waals surface area (Å²) < 4.78 is 25.9. The smallest absolute Gasteiger partial charge is 0.463 e. The molecule has 1 amide bonds. The van der Waals surface area contributed by atoms with E-state index in [1.54, 1.807) is 0 Å². The van der Waals surface area contributed by atoms with Crippen LogP contribution in [0.2, 0.25) is 0 Å². The van der Waals surface area contributed by atoms with Gasteiger partial charge in [0.05, 0.1) is 13.2 Å². The topological polar surface area (TPSA) is 131 Å². The van der Waals surface area contributed by atoms with Gasteiger partial charge in [0.25, 0.3) is 0 Å². The standard InChI is InChI=1S/C26H50NO8P/c1-3-4-5-6-7-8-9-10-11-12-13-14-15-16-17-18-19-26(30)33-22-25(29)23-35-36(31,32)34-21-20-27-24(2)28/h11-12,25,29H,3-10,13-23H2,1-2H3,(H,27,28)(H,31,32)/b12-11-. The molecule has 2 unspecified atom stereocenters. The Hall–Kier alpha value is -1.25. The number of phosphoric ester groups is 1. The summed E-state index contributed by atoms with van der Waals surface area (Å²) in [6, 6.07) is 0. The molecular weight excluding hydrogens is 485 g/mol. The molecule has 36 heavy (non-hydrogen) atoms. The molecule has 0 aromatic rings. The van der Waals surface area contributed by atoms with E-state index in [1.165, 1.54) is 58.3 Å². The minimum atomic E-state index is -4.36. The normalized spacial score (nSPS) is 14.0. The van der Waals surface area contributed by atoms with Gasteiger partial charge in [0.2, 0.25) is 5.91 Å². The molecule has 0 radical (unpaired) electrons. The van der Waals surface area contributed by atoms with Crippen LogP contribution < -0.4 is 5.32 Å². The number of aliphatic hydroxyl groups excluding tert-OH is 1. The summed E-state index contributed by atoms with van der Waals surface area (Å²) >= 11 is 0. The van der Waals surface area contributed by atoms with E-state index in [-0.39, 0.29) is 32.1 Å². The van der Waals surface area contributed by atoms with Crippen LogP contribution in [0.4, 0.5) is 0 Å². The van der Waals surface area contributed by atoms with Crippen LogP contribution in [0.5, 0.6) is 0 Å². The number of ether oxygens (including phenoxy) is 1. The molecule has 10 heteroatoms. The number of nitrogens with one attached hydrogen (secondary N) is 1. The van der Waals surface area contributed by atoms with E-state index in [0.717, 1.165) is 38.5 Å². The van der Waals surface area contributed by atoms with Gasteiger partial charge in [-0.2, -0.15) is 0 Å². The predicted molar refractivity (Wildman–Crippen MR) is 141 cm³/mol. The van der Waals surface area contributed by atoms with Crippen molar-refractivity contribution in [3.63, 3.8) is 0 Å². The minimum Gasteiger partial charge on any atom is -0.463 e. The van der Waals surface area contributed by atoms with Gasteiger partial charge in [-0.3, -0.25) is 18.6 Å². The molecule has 0 aliphatic carbocycles. The van der Waals surface area contributed by atoms with E-state index >= 15 is 0 Å². The molecule has 0 rings (SSSR count). The zero-order valence-corrected chi connectivity index (χ0v) is 23.4. The van der Waals surface area contributed by atoms with Crippen LogP contribution >= 0.6 is 7.82 Å². The van der Waals surface area contributed by atoms with Crippen molar-refractivity contribution < 1.29 is 37.9 Å². The largest absolute Gasteiger partial charge is 0.472 e. The molecule has 0 aliphatic heterocycles. The summed E-state index contributed by atoms with van der Waals surface area (Å²) in [4.78, 5) is 32.0. The first-order valence-electron chi connectivity index (χ1n) is 13.6. The maximum atomic E-state index is 11.8. The average Bonchev–Trinajstić information content (AvgIpc) is 2.84. The van der Waals surface area contributed by atoms with E-state index in [4.69, 9.17) is 4.74 Å². The first-order valence-corrected chi connectivity index (χ1v) is 15.1. The molecule has 212 valence electrons. The third-order valence-electron chi connectivity index (χ3n) is 5.49. The molecule has 0 spiro atoms. The molecule has 0 aromatic heterocycles. The van der Waals surface area contributed by atoms with Crippen molar-refractivity contribution in [2.45, 2.75) is 116 Å². The monoisotopic (exact) mass is 535 g/mol. The Morgan fingerprint density at radius 2 is 1.42 bits per heavy atom. The molecule has 9 nitrogen and oxygen atoms in total. The SMILES string of the molecule is CCCCCCCCC/C=C\CCCCCCCC(=O)OCC(O)COP(=O)(O)OCCNC(C)=O. The Morgan fingerprint density at radius 3 is 2.00 bits per heavy atom. The second-order valence-electron chi connectivity index (χ2n) is 9.11. The molecule has 3 N–H and O–H groups in total. The van der Waals surface area contributed by atoms with Crippen molar-refractivity contribution in [3.8, 4) is 0 Å². The number of rotatable bonds is 25. The number of carbonyl (C=O) groups is 2. The highest BCUT2D eigenvalue weighted by Crippen LogP contribution is 2.42. The summed E-state index contributed by atoms with van der Waals surface area (Å²) in [7, 11) is -4.36.